The third kappa shape index (κ3) is 5.86. The standard InChI is InChI=1S/C14H29NO/c1-3-4-5-6-7-8-9-10-14(2)13-15-11-12-16-14/h15H,3-13H2,1-2H3. The average molecular weight is 227 g/mol. The molecule has 1 fully saturated rings. The van der Waals surface area contributed by atoms with Crippen molar-refractivity contribution in [3.63, 3.8) is 0 Å². The molecule has 1 unspecified atom stereocenters. The lowest BCUT2D eigenvalue weighted by molar-refractivity contribution is -0.0589. The van der Waals surface area contributed by atoms with E-state index in [1.807, 2.05) is 0 Å². The first-order valence-electron chi connectivity index (χ1n) is 7.11. The maximum absolute atomic E-state index is 5.85. The van der Waals surface area contributed by atoms with Gasteiger partial charge >= 0.3 is 0 Å². The van der Waals surface area contributed by atoms with Gasteiger partial charge in [-0.2, -0.15) is 0 Å². The quantitative estimate of drug-likeness (QED) is 0.641. The molecule has 1 N–H and O–H groups in total. The van der Waals surface area contributed by atoms with E-state index in [0.717, 1.165) is 19.7 Å². The Bertz CT molecular complexity index is 164. The minimum Gasteiger partial charge on any atom is -0.373 e. The van der Waals surface area contributed by atoms with Gasteiger partial charge in [0.25, 0.3) is 0 Å². The van der Waals surface area contributed by atoms with Crippen molar-refractivity contribution in [1.82, 2.24) is 5.32 Å². The Labute approximate surface area is 101 Å². The molecule has 1 aliphatic rings. The first kappa shape index (κ1) is 14.0. The van der Waals surface area contributed by atoms with Crippen LogP contribution in [-0.4, -0.2) is 25.3 Å². The van der Waals surface area contributed by atoms with E-state index in [9.17, 15) is 0 Å². The Hall–Kier alpha value is -0.0800. The predicted molar refractivity (Wildman–Crippen MR) is 69.8 cm³/mol. The Morgan fingerprint density at radius 3 is 2.38 bits per heavy atom. The number of ether oxygens (including phenoxy) is 1. The highest BCUT2D eigenvalue weighted by Gasteiger charge is 2.26. The second-order valence-electron chi connectivity index (χ2n) is 5.35. The van der Waals surface area contributed by atoms with Gasteiger partial charge in [0.1, 0.15) is 0 Å². The van der Waals surface area contributed by atoms with Crippen molar-refractivity contribution in [2.24, 2.45) is 0 Å². The summed E-state index contributed by atoms with van der Waals surface area (Å²) in [5.41, 5.74) is 0.113. The summed E-state index contributed by atoms with van der Waals surface area (Å²) in [4.78, 5) is 0. The normalized spacial score (nSPS) is 25.9. The molecule has 1 heterocycles. The minimum absolute atomic E-state index is 0.113. The van der Waals surface area contributed by atoms with E-state index < -0.39 is 0 Å². The van der Waals surface area contributed by atoms with Crippen LogP contribution in [0.2, 0.25) is 0 Å². The van der Waals surface area contributed by atoms with Crippen LogP contribution < -0.4 is 5.32 Å². The SMILES string of the molecule is CCCCCCCCCC1(C)CNCCO1. The number of unbranched alkanes of at least 4 members (excludes halogenated alkanes) is 6. The van der Waals surface area contributed by atoms with Gasteiger partial charge in [0.15, 0.2) is 0 Å². The van der Waals surface area contributed by atoms with Crippen LogP contribution in [0.15, 0.2) is 0 Å². The number of hydrogen-bond acceptors (Lipinski definition) is 2. The summed E-state index contributed by atoms with van der Waals surface area (Å²) in [6, 6.07) is 0. The van der Waals surface area contributed by atoms with E-state index >= 15 is 0 Å². The smallest absolute Gasteiger partial charge is 0.0778 e. The number of nitrogens with one attached hydrogen (secondary N) is 1. The van der Waals surface area contributed by atoms with Crippen LogP contribution in [0, 0.1) is 0 Å². The Balaban J connectivity index is 1.93. The molecule has 0 amide bonds. The zero-order chi connectivity index (χ0) is 11.7. The van der Waals surface area contributed by atoms with Crippen LogP contribution in [0.4, 0.5) is 0 Å². The van der Waals surface area contributed by atoms with Gasteiger partial charge in [-0.1, -0.05) is 51.9 Å². The molecule has 0 aromatic heterocycles. The largest absolute Gasteiger partial charge is 0.373 e. The molecule has 2 nitrogen and oxygen atoms in total. The van der Waals surface area contributed by atoms with Crippen molar-refractivity contribution in [3.8, 4) is 0 Å². The number of rotatable bonds is 8. The van der Waals surface area contributed by atoms with E-state index in [1.54, 1.807) is 0 Å². The lowest BCUT2D eigenvalue weighted by atomic mass is 9.96. The molecular formula is C14H29NO. The zero-order valence-corrected chi connectivity index (χ0v) is 11.2. The minimum atomic E-state index is 0.113. The Kier molecular flexibility index (Phi) is 7.06. The molecular weight excluding hydrogens is 198 g/mol. The van der Waals surface area contributed by atoms with Gasteiger partial charge in [-0.05, 0) is 13.3 Å². The average Bonchev–Trinajstić information content (AvgIpc) is 2.29. The summed E-state index contributed by atoms with van der Waals surface area (Å²) in [5.74, 6) is 0. The lowest BCUT2D eigenvalue weighted by Crippen LogP contribution is -2.47. The van der Waals surface area contributed by atoms with Crippen LogP contribution in [0.25, 0.3) is 0 Å². The Morgan fingerprint density at radius 1 is 1.06 bits per heavy atom. The number of hydrogen-bond donors (Lipinski definition) is 1. The van der Waals surface area contributed by atoms with Crippen molar-refractivity contribution in [2.45, 2.75) is 70.8 Å². The first-order valence-corrected chi connectivity index (χ1v) is 7.11. The van der Waals surface area contributed by atoms with Crippen LogP contribution >= 0.6 is 0 Å². The van der Waals surface area contributed by atoms with Crippen molar-refractivity contribution < 1.29 is 4.74 Å². The monoisotopic (exact) mass is 227 g/mol. The topological polar surface area (TPSA) is 21.3 Å². The molecule has 1 saturated heterocycles. The first-order chi connectivity index (χ1) is 7.77. The van der Waals surface area contributed by atoms with Crippen molar-refractivity contribution >= 4 is 0 Å². The summed E-state index contributed by atoms with van der Waals surface area (Å²) >= 11 is 0. The van der Waals surface area contributed by atoms with Gasteiger partial charge in [0, 0.05) is 13.1 Å². The molecule has 0 spiro atoms. The molecule has 0 aromatic rings. The fraction of sp³-hybridized carbons (Fsp3) is 1.00. The van der Waals surface area contributed by atoms with E-state index in [4.69, 9.17) is 4.74 Å². The molecule has 0 bridgehead atoms. The van der Waals surface area contributed by atoms with Crippen molar-refractivity contribution in [1.29, 1.82) is 0 Å². The highest BCUT2D eigenvalue weighted by Crippen LogP contribution is 2.21. The van der Waals surface area contributed by atoms with E-state index in [1.165, 1.54) is 51.4 Å². The van der Waals surface area contributed by atoms with E-state index in [0.29, 0.717) is 0 Å². The maximum Gasteiger partial charge on any atom is 0.0778 e. The van der Waals surface area contributed by atoms with Crippen LogP contribution in [0.3, 0.4) is 0 Å². The van der Waals surface area contributed by atoms with Gasteiger partial charge in [-0.25, -0.2) is 0 Å². The van der Waals surface area contributed by atoms with Crippen LogP contribution in [-0.2, 0) is 4.74 Å². The fourth-order valence-electron chi connectivity index (χ4n) is 2.39. The molecule has 1 aliphatic heterocycles. The highest BCUT2D eigenvalue weighted by molar-refractivity contribution is 4.81. The molecule has 0 saturated carbocycles. The molecule has 1 atom stereocenters. The summed E-state index contributed by atoms with van der Waals surface area (Å²) in [7, 11) is 0. The van der Waals surface area contributed by atoms with Crippen molar-refractivity contribution in [3.05, 3.63) is 0 Å². The fourth-order valence-corrected chi connectivity index (χ4v) is 2.39. The summed E-state index contributed by atoms with van der Waals surface area (Å²) in [6.07, 6.45) is 10.9. The van der Waals surface area contributed by atoms with Crippen LogP contribution in [0.1, 0.15) is 65.2 Å². The summed E-state index contributed by atoms with van der Waals surface area (Å²) in [5, 5.41) is 3.42. The molecule has 0 aromatic carbocycles. The van der Waals surface area contributed by atoms with Gasteiger partial charge < -0.3 is 10.1 Å². The zero-order valence-electron chi connectivity index (χ0n) is 11.2. The van der Waals surface area contributed by atoms with Crippen LogP contribution in [0.5, 0.6) is 0 Å². The third-order valence-corrected chi connectivity index (χ3v) is 3.54. The van der Waals surface area contributed by atoms with Crippen molar-refractivity contribution in [2.75, 3.05) is 19.7 Å². The third-order valence-electron chi connectivity index (χ3n) is 3.54. The van der Waals surface area contributed by atoms with Gasteiger partial charge in [-0.3, -0.25) is 0 Å². The molecule has 16 heavy (non-hydrogen) atoms. The Morgan fingerprint density at radius 2 is 1.75 bits per heavy atom. The van der Waals surface area contributed by atoms with E-state index in [-0.39, 0.29) is 5.60 Å². The second-order valence-corrected chi connectivity index (χ2v) is 5.35. The molecule has 0 aliphatic carbocycles. The second kappa shape index (κ2) is 8.08. The highest BCUT2D eigenvalue weighted by atomic mass is 16.5. The lowest BCUT2D eigenvalue weighted by Gasteiger charge is -2.34. The predicted octanol–water partition coefficient (Wildman–Crippen LogP) is 3.51. The summed E-state index contributed by atoms with van der Waals surface area (Å²) in [6.45, 7) is 7.45. The maximum atomic E-state index is 5.85. The summed E-state index contributed by atoms with van der Waals surface area (Å²) < 4.78 is 5.85. The van der Waals surface area contributed by atoms with Gasteiger partial charge in [-0.15, -0.1) is 0 Å². The van der Waals surface area contributed by atoms with Gasteiger partial charge in [0.05, 0.1) is 12.2 Å². The van der Waals surface area contributed by atoms with Gasteiger partial charge in [0.2, 0.25) is 0 Å². The number of morpholine rings is 1. The molecule has 96 valence electrons. The molecule has 0 radical (unpaired) electrons. The van der Waals surface area contributed by atoms with E-state index in [2.05, 4.69) is 19.2 Å². The molecule has 1 rings (SSSR count). The molecule has 2 heteroatoms.